The minimum atomic E-state index is -2.37. The van der Waals surface area contributed by atoms with Crippen LogP contribution in [0, 0.1) is 10.1 Å². The highest BCUT2D eigenvalue weighted by Gasteiger charge is 2.47. The van der Waals surface area contributed by atoms with Crippen LogP contribution in [0.5, 0.6) is 0 Å². The van der Waals surface area contributed by atoms with E-state index in [1.807, 2.05) is 0 Å². The molecular weight excluding hydrogens is 310 g/mol. The van der Waals surface area contributed by atoms with Gasteiger partial charge in [0.1, 0.15) is 0 Å². The number of nitrogens with zero attached hydrogens (tertiary/aromatic N) is 1. The summed E-state index contributed by atoms with van der Waals surface area (Å²) in [4.78, 5) is 32.3. The topological polar surface area (TPSA) is 118 Å². The molecule has 1 aromatic rings. The van der Waals surface area contributed by atoms with E-state index in [1.165, 1.54) is 6.07 Å². The summed E-state index contributed by atoms with van der Waals surface area (Å²) in [5.74, 6) is -3.33. The van der Waals surface area contributed by atoms with Crippen molar-refractivity contribution in [3.63, 3.8) is 0 Å². The van der Waals surface area contributed by atoms with E-state index < -0.39 is 28.0 Å². The molecule has 0 atom stereocenters. The first kappa shape index (κ1) is 14.1. The van der Waals surface area contributed by atoms with Crippen LogP contribution in [0.1, 0.15) is 12.5 Å². The minimum Gasteiger partial charge on any atom is -0.480 e. The number of nitro groups is 1. The molecule has 2 N–H and O–H groups in total. The zero-order valence-electron chi connectivity index (χ0n) is 9.08. The van der Waals surface area contributed by atoms with Gasteiger partial charge in [0.2, 0.25) is 0 Å². The van der Waals surface area contributed by atoms with E-state index in [0.717, 1.165) is 19.1 Å². The van der Waals surface area contributed by atoms with Crippen molar-refractivity contribution in [1.29, 1.82) is 0 Å². The Hall–Kier alpha value is -1.96. The Morgan fingerprint density at radius 3 is 2.22 bits per heavy atom. The summed E-state index contributed by atoms with van der Waals surface area (Å²) < 4.78 is 0.357. The first-order chi connectivity index (χ1) is 8.21. The summed E-state index contributed by atoms with van der Waals surface area (Å²) in [5.41, 5.74) is -3.31. The number of hydrogen-bond donors (Lipinski definition) is 2. The van der Waals surface area contributed by atoms with Crippen molar-refractivity contribution in [2.45, 2.75) is 12.3 Å². The molecule has 0 heterocycles. The van der Waals surface area contributed by atoms with E-state index in [-0.39, 0.29) is 5.56 Å². The molecule has 0 aliphatic rings. The van der Waals surface area contributed by atoms with Crippen LogP contribution in [0.15, 0.2) is 22.7 Å². The Kier molecular flexibility index (Phi) is 3.70. The molecule has 0 fully saturated rings. The van der Waals surface area contributed by atoms with Gasteiger partial charge in [0.15, 0.2) is 5.41 Å². The fourth-order valence-electron chi connectivity index (χ4n) is 1.40. The molecule has 0 spiro atoms. The van der Waals surface area contributed by atoms with Gasteiger partial charge in [-0.05, 0) is 19.1 Å². The standard InChI is InChI=1S/C10H8BrNO6/c1-10(8(13)14,9(15)16)6-3-2-5(11)4-7(6)12(17)18/h2-4H,1H3,(H,13,14)(H,15,16). The summed E-state index contributed by atoms with van der Waals surface area (Å²) in [5, 5.41) is 28.9. The molecule has 0 aliphatic heterocycles. The third-order valence-electron chi connectivity index (χ3n) is 2.55. The maximum atomic E-state index is 11.1. The van der Waals surface area contributed by atoms with Crippen LogP contribution in [0.3, 0.4) is 0 Å². The summed E-state index contributed by atoms with van der Waals surface area (Å²) in [6.45, 7) is 0.911. The molecule has 0 aliphatic carbocycles. The van der Waals surface area contributed by atoms with Crippen molar-refractivity contribution >= 4 is 33.6 Å². The predicted octanol–water partition coefficient (Wildman–Crippen LogP) is 1.78. The van der Waals surface area contributed by atoms with Crippen LogP contribution < -0.4 is 0 Å². The van der Waals surface area contributed by atoms with Gasteiger partial charge in [-0.1, -0.05) is 15.9 Å². The molecule has 0 bridgehead atoms. The van der Waals surface area contributed by atoms with E-state index in [0.29, 0.717) is 4.47 Å². The highest BCUT2D eigenvalue weighted by molar-refractivity contribution is 9.10. The highest BCUT2D eigenvalue weighted by atomic mass is 79.9. The van der Waals surface area contributed by atoms with Crippen molar-refractivity contribution in [2.75, 3.05) is 0 Å². The van der Waals surface area contributed by atoms with E-state index in [2.05, 4.69) is 15.9 Å². The van der Waals surface area contributed by atoms with Crippen molar-refractivity contribution in [1.82, 2.24) is 0 Å². The number of halogens is 1. The molecule has 0 amide bonds. The average Bonchev–Trinajstić information content (AvgIpc) is 2.27. The quantitative estimate of drug-likeness (QED) is 0.496. The maximum absolute atomic E-state index is 11.1. The predicted molar refractivity (Wildman–Crippen MR) is 63.4 cm³/mol. The molecule has 0 aromatic heterocycles. The number of carboxylic acids is 2. The molecule has 96 valence electrons. The van der Waals surface area contributed by atoms with Gasteiger partial charge < -0.3 is 10.2 Å². The van der Waals surface area contributed by atoms with Crippen LogP contribution in [0.2, 0.25) is 0 Å². The molecule has 0 radical (unpaired) electrons. The smallest absolute Gasteiger partial charge is 0.325 e. The van der Waals surface area contributed by atoms with Gasteiger partial charge in [-0.25, -0.2) is 0 Å². The lowest BCUT2D eigenvalue weighted by molar-refractivity contribution is -0.386. The number of carboxylic acid groups (broad SMARTS) is 2. The third kappa shape index (κ3) is 2.19. The van der Waals surface area contributed by atoms with Crippen LogP contribution in [0.25, 0.3) is 0 Å². The number of hydrogen-bond acceptors (Lipinski definition) is 4. The van der Waals surface area contributed by atoms with E-state index in [4.69, 9.17) is 10.2 Å². The molecular formula is C10H8BrNO6. The van der Waals surface area contributed by atoms with Crippen LogP contribution in [-0.4, -0.2) is 27.1 Å². The molecule has 1 rings (SSSR count). The second kappa shape index (κ2) is 4.73. The first-order valence-electron chi connectivity index (χ1n) is 4.62. The molecule has 18 heavy (non-hydrogen) atoms. The van der Waals surface area contributed by atoms with Crippen LogP contribution in [-0.2, 0) is 15.0 Å². The fraction of sp³-hybridized carbons (Fsp3) is 0.200. The molecule has 8 heteroatoms. The van der Waals surface area contributed by atoms with Gasteiger partial charge >= 0.3 is 11.9 Å². The largest absolute Gasteiger partial charge is 0.480 e. The van der Waals surface area contributed by atoms with Crippen LogP contribution in [0.4, 0.5) is 5.69 Å². The maximum Gasteiger partial charge on any atom is 0.325 e. The molecule has 0 saturated heterocycles. The van der Waals surface area contributed by atoms with Gasteiger partial charge in [0.05, 0.1) is 10.5 Å². The number of aliphatic carboxylic acids is 2. The number of rotatable bonds is 4. The Labute approximate surface area is 109 Å². The van der Waals surface area contributed by atoms with E-state index in [9.17, 15) is 19.7 Å². The zero-order valence-corrected chi connectivity index (χ0v) is 10.7. The van der Waals surface area contributed by atoms with E-state index in [1.54, 1.807) is 0 Å². The fourth-order valence-corrected chi connectivity index (χ4v) is 1.75. The second-order valence-electron chi connectivity index (χ2n) is 3.65. The second-order valence-corrected chi connectivity index (χ2v) is 4.57. The Morgan fingerprint density at radius 2 is 1.83 bits per heavy atom. The monoisotopic (exact) mass is 317 g/mol. The highest BCUT2D eigenvalue weighted by Crippen LogP contribution is 2.34. The molecule has 1 aromatic carbocycles. The third-order valence-corrected chi connectivity index (χ3v) is 3.04. The zero-order chi connectivity index (χ0) is 14.1. The lowest BCUT2D eigenvalue weighted by atomic mass is 9.81. The number of carbonyl (C=O) groups is 2. The molecule has 0 unspecified atom stereocenters. The summed E-state index contributed by atoms with van der Waals surface area (Å²) in [6.07, 6.45) is 0. The average molecular weight is 318 g/mol. The van der Waals surface area contributed by atoms with Crippen molar-refractivity contribution in [2.24, 2.45) is 0 Å². The SMILES string of the molecule is CC(C(=O)O)(C(=O)O)c1ccc(Br)cc1[N+](=O)[O-]. The Balaban J connectivity index is 3.62. The Morgan fingerprint density at radius 1 is 1.33 bits per heavy atom. The number of benzene rings is 1. The van der Waals surface area contributed by atoms with Gasteiger partial charge in [-0.15, -0.1) is 0 Å². The van der Waals surface area contributed by atoms with Gasteiger partial charge in [-0.3, -0.25) is 19.7 Å². The minimum absolute atomic E-state index is 0.357. The van der Waals surface area contributed by atoms with Crippen LogP contribution >= 0.6 is 15.9 Å². The first-order valence-corrected chi connectivity index (χ1v) is 5.41. The summed E-state index contributed by atoms with van der Waals surface area (Å²) in [6, 6.07) is 3.54. The number of nitro benzene ring substituents is 1. The van der Waals surface area contributed by atoms with Gasteiger partial charge in [-0.2, -0.15) is 0 Å². The van der Waals surface area contributed by atoms with Crippen molar-refractivity contribution in [3.8, 4) is 0 Å². The lowest BCUT2D eigenvalue weighted by Crippen LogP contribution is -2.41. The molecule has 7 nitrogen and oxygen atoms in total. The molecule has 0 saturated carbocycles. The lowest BCUT2D eigenvalue weighted by Gasteiger charge is -2.19. The van der Waals surface area contributed by atoms with Crippen molar-refractivity contribution < 1.29 is 24.7 Å². The van der Waals surface area contributed by atoms with Gasteiger partial charge in [0, 0.05) is 10.5 Å². The van der Waals surface area contributed by atoms with Crippen molar-refractivity contribution in [3.05, 3.63) is 38.3 Å². The normalized spacial score (nSPS) is 11.0. The van der Waals surface area contributed by atoms with Gasteiger partial charge in [0.25, 0.3) is 5.69 Å². The van der Waals surface area contributed by atoms with E-state index >= 15 is 0 Å². The summed E-state index contributed by atoms with van der Waals surface area (Å²) >= 11 is 3.01. The Bertz CT molecular complexity index is 527. The summed E-state index contributed by atoms with van der Waals surface area (Å²) in [7, 11) is 0.